The molecular weight excluding hydrogens is 391 g/mol. The predicted octanol–water partition coefficient (Wildman–Crippen LogP) is 3.19. The highest BCUT2D eigenvalue weighted by Gasteiger charge is 2.23. The van der Waals surface area contributed by atoms with Crippen LogP contribution in [-0.2, 0) is 11.2 Å². The van der Waals surface area contributed by atoms with Gasteiger partial charge in [-0.2, -0.15) is 4.98 Å². The molecule has 0 aliphatic carbocycles. The van der Waals surface area contributed by atoms with Gasteiger partial charge in [-0.3, -0.25) is 9.59 Å². The molecule has 1 atom stereocenters. The number of carbonyl (C=O) groups is 2. The quantitative estimate of drug-likeness (QED) is 0.693. The number of aryl methyl sites for hydroxylation is 1. The lowest BCUT2D eigenvalue weighted by atomic mass is 10.0. The maximum atomic E-state index is 12.5. The molecule has 0 saturated carbocycles. The van der Waals surface area contributed by atoms with E-state index in [-0.39, 0.29) is 22.4 Å². The Morgan fingerprint density at radius 2 is 2.00 bits per heavy atom. The Balaban J connectivity index is 1.98. The van der Waals surface area contributed by atoms with Crippen LogP contribution in [0.5, 0.6) is 0 Å². The molecule has 2 rings (SSSR count). The largest absolute Gasteiger partial charge is 0.354 e. The number of hydrogen-bond acceptors (Lipinski definition) is 5. The molecule has 0 aliphatic rings. The second-order valence-corrected chi connectivity index (χ2v) is 7.40. The average Bonchev–Trinajstić information content (AvgIpc) is 2.98. The van der Waals surface area contributed by atoms with Crippen LogP contribution >= 0.6 is 23.2 Å². The van der Waals surface area contributed by atoms with E-state index in [4.69, 9.17) is 27.7 Å². The summed E-state index contributed by atoms with van der Waals surface area (Å²) < 4.78 is 5.01. The Bertz CT molecular complexity index is 808. The fourth-order valence-electron chi connectivity index (χ4n) is 2.47. The molecule has 9 heteroatoms. The summed E-state index contributed by atoms with van der Waals surface area (Å²) in [7, 11) is 0. The van der Waals surface area contributed by atoms with Gasteiger partial charge < -0.3 is 15.2 Å². The third-order valence-corrected chi connectivity index (χ3v) is 4.26. The second kappa shape index (κ2) is 9.71. The molecule has 1 aromatic heterocycles. The van der Waals surface area contributed by atoms with Gasteiger partial charge in [-0.05, 0) is 37.5 Å². The van der Waals surface area contributed by atoms with E-state index in [2.05, 4.69) is 20.8 Å². The Kier molecular flexibility index (Phi) is 7.62. The summed E-state index contributed by atoms with van der Waals surface area (Å²) in [5.74, 6) is 0.495. The fourth-order valence-corrected chi connectivity index (χ4v) is 2.96. The van der Waals surface area contributed by atoms with E-state index in [1.165, 1.54) is 12.1 Å². The van der Waals surface area contributed by atoms with Crippen molar-refractivity contribution >= 4 is 35.0 Å². The zero-order chi connectivity index (χ0) is 20.0. The lowest BCUT2D eigenvalue weighted by molar-refractivity contribution is -0.123. The van der Waals surface area contributed by atoms with Gasteiger partial charge in [0.05, 0.1) is 10.6 Å². The molecule has 0 radical (unpaired) electrons. The minimum Gasteiger partial charge on any atom is -0.354 e. The van der Waals surface area contributed by atoms with Crippen LogP contribution in [0.2, 0.25) is 10.0 Å². The number of aromatic nitrogens is 2. The first kappa shape index (κ1) is 21.2. The van der Waals surface area contributed by atoms with E-state index in [9.17, 15) is 9.59 Å². The monoisotopic (exact) mass is 412 g/mol. The van der Waals surface area contributed by atoms with Crippen LogP contribution in [0.25, 0.3) is 0 Å². The van der Waals surface area contributed by atoms with Gasteiger partial charge >= 0.3 is 0 Å². The molecule has 0 unspecified atom stereocenters. The second-order valence-electron chi connectivity index (χ2n) is 6.56. The van der Waals surface area contributed by atoms with Crippen molar-refractivity contribution < 1.29 is 14.1 Å². The van der Waals surface area contributed by atoms with Crippen molar-refractivity contribution in [2.75, 3.05) is 6.54 Å². The Morgan fingerprint density at radius 3 is 2.59 bits per heavy atom. The first-order valence-corrected chi connectivity index (χ1v) is 9.34. The van der Waals surface area contributed by atoms with Gasteiger partial charge in [0.15, 0.2) is 5.82 Å². The smallest absolute Gasteiger partial charge is 0.253 e. The Labute approximate surface area is 167 Å². The summed E-state index contributed by atoms with van der Waals surface area (Å²) in [6.45, 7) is 6.00. The number of amides is 2. The van der Waals surface area contributed by atoms with Gasteiger partial charge in [-0.1, -0.05) is 42.2 Å². The number of nitrogens with zero attached hydrogens (tertiary/aromatic N) is 2. The normalized spacial score (nSPS) is 12.1. The Morgan fingerprint density at radius 1 is 1.26 bits per heavy atom. The van der Waals surface area contributed by atoms with Gasteiger partial charge in [0.1, 0.15) is 6.04 Å². The van der Waals surface area contributed by atoms with Crippen LogP contribution in [0.4, 0.5) is 0 Å². The zero-order valence-corrected chi connectivity index (χ0v) is 16.9. The SMILES string of the molecule is Cc1noc(CCNC(=O)[C@@H](CC(C)C)NC(=O)c2ccc(Cl)cc2Cl)n1. The van der Waals surface area contributed by atoms with Crippen LogP contribution in [0.15, 0.2) is 22.7 Å². The topological polar surface area (TPSA) is 97.1 Å². The molecule has 1 aromatic carbocycles. The van der Waals surface area contributed by atoms with Crippen molar-refractivity contribution in [1.29, 1.82) is 0 Å². The van der Waals surface area contributed by atoms with Crippen molar-refractivity contribution in [2.24, 2.45) is 5.92 Å². The van der Waals surface area contributed by atoms with Gasteiger partial charge in [0.25, 0.3) is 5.91 Å². The van der Waals surface area contributed by atoms with Crippen molar-refractivity contribution in [3.8, 4) is 0 Å². The molecule has 2 amide bonds. The van der Waals surface area contributed by atoms with Crippen molar-refractivity contribution in [1.82, 2.24) is 20.8 Å². The number of nitrogens with one attached hydrogen (secondary N) is 2. The zero-order valence-electron chi connectivity index (χ0n) is 15.4. The van der Waals surface area contributed by atoms with Gasteiger partial charge in [-0.25, -0.2) is 0 Å². The van der Waals surface area contributed by atoms with Crippen LogP contribution in [0.3, 0.4) is 0 Å². The molecule has 0 saturated heterocycles. The maximum Gasteiger partial charge on any atom is 0.253 e. The summed E-state index contributed by atoms with van der Waals surface area (Å²) in [6, 6.07) is 3.91. The van der Waals surface area contributed by atoms with Crippen molar-refractivity contribution in [2.45, 2.75) is 39.7 Å². The highest BCUT2D eigenvalue weighted by atomic mass is 35.5. The predicted molar refractivity (Wildman–Crippen MR) is 103 cm³/mol. The van der Waals surface area contributed by atoms with Crippen LogP contribution in [0.1, 0.15) is 42.3 Å². The van der Waals surface area contributed by atoms with E-state index >= 15 is 0 Å². The summed E-state index contributed by atoms with van der Waals surface area (Å²) >= 11 is 11.9. The molecule has 0 aliphatic heterocycles. The van der Waals surface area contributed by atoms with Crippen LogP contribution in [0, 0.1) is 12.8 Å². The minimum atomic E-state index is -0.686. The molecule has 0 fully saturated rings. The van der Waals surface area contributed by atoms with Crippen molar-refractivity contribution in [3.05, 3.63) is 45.5 Å². The Hall–Kier alpha value is -2.12. The first-order valence-electron chi connectivity index (χ1n) is 8.59. The summed E-state index contributed by atoms with van der Waals surface area (Å²) in [5, 5.41) is 9.90. The minimum absolute atomic E-state index is 0.209. The van der Waals surface area contributed by atoms with E-state index < -0.39 is 11.9 Å². The lowest BCUT2D eigenvalue weighted by Gasteiger charge is -2.20. The van der Waals surface area contributed by atoms with E-state index in [1.807, 2.05) is 13.8 Å². The maximum absolute atomic E-state index is 12.5. The van der Waals surface area contributed by atoms with Gasteiger partial charge in [0.2, 0.25) is 11.8 Å². The molecule has 7 nitrogen and oxygen atoms in total. The third kappa shape index (κ3) is 6.52. The number of carbonyl (C=O) groups excluding carboxylic acids is 2. The van der Waals surface area contributed by atoms with E-state index in [1.54, 1.807) is 13.0 Å². The number of rotatable bonds is 8. The average molecular weight is 413 g/mol. The number of benzene rings is 1. The molecular formula is C18H22Cl2N4O3. The van der Waals surface area contributed by atoms with E-state index in [0.717, 1.165) is 0 Å². The third-order valence-electron chi connectivity index (χ3n) is 3.71. The molecule has 2 aromatic rings. The lowest BCUT2D eigenvalue weighted by Crippen LogP contribution is -2.47. The van der Waals surface area contributed by atoms with Crippen LogP contribution < -0.4 is 10.6 Å². The highest BCUT2D eigenvalue weighted by Crippen LogP contribution is 2.21. The molecule has 0 spiro atoms. The highest BCUT2D eigenvalue weighted by molar-refractivity contribution is 6.36. The molecule has 0 bridgehead atoms. The van der Waals surface area contributed by atoms with Gasteiger partial charge in [-0.15, -0.1) is 0 Å². The summed E-state index contributed by atoms with van der Waals surface area (Å²) in [5.41, 5.74) is 0.268. The molecule has 146 valence electrons. The molecule has 27 heavy (non-hydrogen) atoms. The number of hydrogen-bond donors (Lipinski definition) is 2. The van der Waals surface area contributed by atoms with Gasteiger partial charge in [0, 0.05) is 18.0 Å². The van der Waals surface area contributed by atoms with E-state index in [0.29, 0.717) is 36.1 Å². The van der Waals surface area contributed by atoms with Crippen LogP contribution in [-0.4, -0.2) is 34.5 Å². The summed E-state index contributed by atoms with van der Waals surface area (Å²) in [4.78, 5) is 29.1. The number of halogens is 2. The molecule has 1 heterocycles. The molecule has 2 N–H and O–H groups in total. The first-order chi connectivity index (χ1) is 12.8. The van der Waals surface area contributed by atoms with Crippen molar-refractivity contribution in [3.63, 3.8) is 0 Å². The summed E-state index contributed by atoms with van der Waals surface area (Å²) in [6.07, 6.45) is 0.903. The standard InChI is InChI=1S/C18H22Cl2N4O3/c1-10(2)8-15(18(26)21-7-6-16-22-11(3)24-27-16)23-17(25)13-5-4-12(19)9-14(13)20/h4-5,9-10,15H,6-8H2,1-3H3,(H,21,26)(H,23,25)/t15-/m1/s1. The fraction of sp³-hybridized carbons (Fsp3) is 0.444.